The van der Waals surface area contributed by atoms with Gasteiger partial charge in [0.2, 0.25) is 5.95 Å². The van der Waals surface area contributed by atoms with E-state index in [4.69, 9.17) is 21.7 Å². The van der Waals surface area contributed by atoms with Crippen molar-refractivity contribution in [3.05, 3.63) is 36.2 Å². The van der Waals surface area contributed by atoms with Crippen LogP contribution in [0, 0.1) is 6.92 Å². The second-order valence-corrected chi connectivity index (χ2v) is 4.58. The standard InChI is InChI=1S/C14H16N4O2S/c1-9-6-7-15-13(16-9)18-14(21)17-11-5-4-10(19-2)8-12(11)20-3/h4-8H,1-3H3,(H2,15,16,17,18,21). The number of aryl methyl sites for hydroxylation is 1. The Hall–Kier alpha value is -2.41. The van der Waals surface area contributed by atoms with Crippen LogP contribution in [-0.2, 0) is 0 Å². The van der Waals surface area contributed by atoms with Gasteiger partial charge in [-0.05, 0) is 37.3 Å². The lowest BCUT2D eigenvalue weighted by Crippen LogP contribution is -2.21. The van der Waals surface area contributed by atoms with E-state index in [1.165, 1.54) is 0 Å². The van der Waals surface area contributed by atoms with Crippen molar-refractivity contribution in [3.63, 3.8) is 0 Å². The highest BCUT2D eigenvalue weighted by molar-refractivity contribution is 7.80. The number of rotatable bonds is 4. The molecule has 0 unspecified atom stereocenters. The van der Waals surface area contributed by atoms with Crippen LogP contribution in [-0.4, -0.2) is 29.3 Å². The molecule has 0 fully saturated rings. The van der Waals surface area contributed by atoms with Crippen molar-refractivity contribution in [2.24, 2.45) is 0 Å². The van der Waals surface area contributed by atoms with Crippen LogP contribution >= 0.6 is 12.2 Å². The zero-order chi connectivity index (χ0) is 15.2. The first-order valence-corrected chi connectivity index (χ1v) is 6.63. The molecule has 0 aliphatic rings. The molecule has 0 saturated heterocycles. The van der Waals surface area contributed by atoms with Crippen molar-refractivity contribution >= 4 is 29.0 Å². The summed E-state index contributed by atoms with van der Waals surface area (Å²) in [5.41, 5.74) is 1.58. The largest absolute Gasteiger partial charge is 0.497 e. The number of anilines is 2. The summed E-state index contributed by atoms with van der Waals surface area (Å²) in [5.74, 6) is 1.78. The predicted molar refractivity (Wildman–Crippen MR) is 86.2 cm³/mol. The van der Waals surface area contributed by atoms with Gasteiger partial charge < -0.3 is 20.1 Å². The number of hydrogen-bond donors (Lipinski definition) is 2. The summed E-state index contributed by atoms with van der Waals surface area (Å²) in [6.45, 7) is 1.88. The first-order valence-electron chi connectivity index (χ1n) is 6.22. The average molecular weight is 304 g/mol. The van der Waals surface area contributed by atoms with Crippen LogP contribution in [0.4, 0.5) is 11.6 Å². The lowest BCUT2D eigenvalue weighted by Gasteiger charge is -2.13. The Balaban J connectivity index is 2.09. The third kappa shape index (κ3) is 4.03. The maximum Gasteiger partial charge on any atom is 0.229 e. The van der Waals surface area contributed by atoms with Gasteiger partial charge in [-0.25, -0.2) is 9.97 Å². The molecule has 2 N–H and O–H groups in total. The van der Waals surface area contributed by atoms with Gasteiger partial charge in [-0.3, -0.25) is 0 Å². The topological polar surface area (TPSA) is 68.3 Å². The molecule has 2 rings (SSSR count). The summed E-state index contributed by atoms with van der Waals surface area (Å²) in [5, 5.41) is 6.34. The van der Waals surface area contributed by atoms with Crippen molar-refractivity contribution in [3.8, 4) is 11.5 Å². The Morgan fingerprint density at radius 2 is 1.95 bits per heavy atom. The molecule has 0 atom stereocenters. The van der Waals surface area contributed by atoms with Crippen molar-refractivity contribution < 1.29 is 9.47 Å². The summed E-state index contributed by atoms with van der Waals surface area (Å²) < 4.78 is 10.4. The van der Waals surface area contributed by atoms with Gasteiger partial charge in [-0.1, -0.05) is 0 Å². The van der Waals surface area contributed by atoms with Crippen molar-refractivity contribution in [2.75, 3.05) is 24.9 Å². The minimum atomic E-state index is 0.379. The second-order valence-electron chi connectivity index (χ2n) is 4.17. The van der Waals surface area contributed by atoms with Crippen LogP contribution in [0.5, 0.6) is 11.5 Å². The van der Waals surface area contributed by atoms with Crippen molar-refractivity contribution in [1.29, 1.82) is 0 Å². The minimum absolute atomic E-state index is 0.379. The third-order valence-corrected chi connectivity index (χ3v) is 2.88. The zero-order valence-electron chi connectivity index (χ0n) is 12.0. The number of nitrogens with one attached hydrogen (secondary N) is 2. The van der Waals surface area contributed by atoms with Gasteiger partial charge in [0, 0.05) is 18.0 Å². The normalized spacial score (nSPS) is 9.86. The van der Waals surface area contributed by atoms with E-state index in [1.54, 1.807) is 26.5 Å². The molecule has 0 saturated carbocycles. The molecule has 1 heterocycles. The maximum atomic E-state index is 5.30. The molecule has 0 amide bonds. The molecular formula is C14H16N4O2S. The van der Waals surface area contributed by atoms with Gasteiger partial charge in [-0.15, -0.1) is 0 Å². The Kier molecular flexibility index (Phi) is 4.89. The van der Waals surface area contributed by atoms with E-state index in [-0.39, 0.29) is 0 Å². The van der Waals surface area contributed by atoms with Crippen LogP contribution in [0.3, 0.4) is 0 Å². The predicted octanol–water partition coefficient (Wildman–Crippen LogP) is 2.61. The average Bonchev–Trinajstić information content (AvgIpc) is 2.47. The van der Waals surface area contributed by atoms with Gasteiger partial charge in [0.05, 0.1) is 19.9 Å². The summed E-state index contributed by atoms with van der Waals surface area (Å²) in [7, 11) is 3.18. The fourth-order valence-corrected chi connectivity index (χ4v) is 1.87. The van der Waals surface area contributed by atoms with Crippen LogP contribution in [0.15, 0.2) is 30.5 Å². The van der Waals surface area contributed by atoms with Crippen LogP contribution in [0.2, 0.25) is 0 Å². The summed E-state index contributed by atoms with van der Waals surface area (Å²) in [4.78, 5) is 8.31. The number of methoxy groups -OCH3 is 2. The number of nitrogens with zero attached hydrogens (tertiary/aromatic N) is 2. The van der Waals surface area contributed by atoms with E-state index in [2.05, 4.69) is 20.6 Å². The number of thiocarbonyl (C=S) groups is 1. The summed E-state index contributed by atoms with van der Waals surface area (Å²) in [6, 6.07) is 7.22. The summed E-state index contributed by atoms with van der Waals surface area (Å²) in [6.07, 6.45) is 1.67. The fraction of sp³-hybridized carbons (Fsp3) is 0.214. The van der Waals surface area contributed by atoms with E-state index < -0.39 is 0 Å². The third-order valence-electron chi connectivity index (χ3n) is 2.68. The lowest BCUT2D eigenvalue weighted by molar-refractivity contribution is 0.395. The molecule has 0 aliphatic heterocycles. The molecule has 0 aliphatic carbocycles. The molecule has 0 bridgehead atoms. The molecular weight excluding hydrogens is 288 g/mol. The zero-order valence-corrected chi connectivity index (χ0v) is 12.8. The monoisotopic (exact) mass is 304 g/mol. The van der Waals surface area contributed by atoms with Crippen molar-refractivity contribution in [2.45, 2.75) is 6.92 Å². The number of aromatic nitrogens is 2. The van der Waals surface area contributed by atoms with E-state index >= 15 is 0 Å². The van der Waals surface area contributed by atoms with E-state index in [9.17, 15) is 0 Å². The Labute approximate surface area is 128 Å². The van der Waals surface area contributed by atoms with Gasteiger partial charge in [0.15, 0.2) is 5.11 Å². The fourth-order valence-electron chi connectivity index (χ4n) is 1.67. The number of benzene rings is 1. The molecule has 0 radical (unpaired) electrons. The first-order chi connectivity index (χ1) is 10.1. The van der Waals surface area contributed by atoms with E-state index in [1.807, 2.05) is 25.1 Å². The van der Waals surface area contributed by atoms with Crippen LogP contribution < -0.4 is 20.1 Å². The molecule has 6 nitrogen and oxygen atoms in total. The molecule has 1 aromatic carbocycles. The smallest absolute Gasteiger partial charge is 0.229 e. The van der Waals surface area contributed by atoms with Gasteiger partial charge in [-0.2, -0.15) is 0 Å². The highest BCUT2D eigenvalue weighted by Crippen LogP contribution is 2.29. The van der Waals surface area contributed by atoms with Gasteiger partial charge in [0.1, 0.15) is 11.5 Å². The number of ether oxygens (including phenoxy) is 2. The summed E-state index contributed by atoms with van der Waals surface area (Å²) >= 11 is 5.24. The SMILES string of the molecule is COc1ccc(NC(=S)Nc2nccc(C)n2)c(OC)c1. The van der Waals surface area contributed by atoms with E-state index in [0.717, 1.165) is 11.4 Å². The lowest BCUT2D eigenvalue weighted by atomic mass is 10.2. The molecule has 1 aromatic heterocycles. The minimum Gasteiger partial charge on any atom is -0.497 e. The molecule has 21 heavy (non-hydrogen) atoms. The first kappa shape index (κ1) is 15.0. The second kappa shape index (κ2) is 6.85. The molecule has 0 spiro atoms. The molecule has 7 heteroatoms. The molecule has 2 aromatic rings. The Morgan fingerprint density at radius 1 is 1.14 bits per heavy atom. The van der Waals surface area contributed by atoms with Gasteiger partial charge in [0.25, 0.3) is 0 Å². The van der Waals surface area contributed by atoms with E-state index in [0.29, 0.717) is 22.6 Å². The van der Waals surface area contributed by atoms with Crippen molar-refractivity contribution in [1.82, 2.24) is 9.97 Å². The number of hydrogen-bond acceptors (Lipinski definition) is 5. The Morgan fingerprint density at radius 3 is 2.62 bits per heavy atom. The van der Waals surface area contributed by atoms with Gasteiger partial charge >= 0.3 is 0 Å². The van der Waals surface area contributed by atoms with Crippen LogP contribution in [0.1, 0.15) is 5.69 Å². The molecule has 110 valence electrons. The highest BCUT2D eigenvalue weighted by Gasteiger charge is 2.07. The van der Waals surface area contributed by atoms with Crippen LogP contribution in [0.25, 0.3) is 0 Å². The quantitative estimate of drug-likeness (QED) is 0.841. The Bertz CT molecular complexity index is 649. The highest BCUT2D eigenvalue weighted by atomic mass is 32.1. The maximum absolute atomic E-state index is 5.30.